The summed E-state index contributed by atoms with van der Waals surface area (Å²) in [7, 11) is 0. The van der Waals surface area contributed by atoms with Crippen LogP contribution in [0.3, 0.4) is 0 Å². The molecule has 0 fully saturated rings. The van der Waals surface area contributed by atoms with Crippen LogP contribution in [0.5, 0.6) is 0 Å². The van der Waals surface area contributed by atoms with Crippen LogP contribution in [0.2, 0.25) is 0 Å². The van der Waals surface area contributed by atoms with Gasteiger partial charge in [-0.2, -0.15) is 0 Å². The smallest absolute Gasteiger partial charge is 0.00419 e. The second-order valence-corrected chi connectivity index (χ2v) is 4.42. The van der Waals surface area contributed by atoms with Crippen molar-refractivity contribution in [2.75, 3.05) is 6.54 Å². The minimum Gasteiger partial charge on any atom is -0.330 e. The molecule has 0 saturated carbocycles. The van der Waals surface area contributed by atoms with E-state index in [1.165, 1.54) is 18.4 Å². The molecule has 0 spiro atoms. The van der Waals surface area contributed by atoms with E-state index in [0.29, 0.717) is 6.04 Å². The first-order valence-corrected chi connectivity index (χ1v) is 6.32. The van der Waals surface area contributed by atoms with Crippen LogP contribution in [0.1, 0.15) is 37.7 Å². The van der Waals surface area contributed by atoms with Gasteiger partial charge in [0.15, 0.2) is 0 Å². The second kappa shape index (κ2) is 8.31. The predicted octanol–water partition coefficient (Wildman–Crippen LogP) is 2.47. The fourth-order valence-corrected chi connectivity index (χ4v) is 1.87. The van der Waals surface area contributed by atoms with Gasteiger partial charge >= 0.3 is 0 Å². The van der Waals surface area contributed by atoms with Crippen molar-refractivity contribution >= 4 is 0 Å². The monoisotopic (exact) mass is 220 g/mol. The van der Waals surface area contributed by atoms with Crippen molar-refractivity contribution in [1.29, 1.82) is 0 Å². The molecule has 1 atom stereocenters. The standard InChI is InChI=1S/C14H24N2/c15-12-6-2-5-9-14(16)11-10-13-7-3-1-4-8-13/h1,3-4,7-8,14H,2,5-6,9-12,15-16H2. The second-order valence-electron chi connectivity index (χ2n) is 4.42. The number of hydrogen-bond donors (Lipinski definition) is 2. The molecule has 1 aromatic carbocycles. The average molecular weight is 220 g/mol. The molecule has 0 bridgehead atoms. The van der Waals surface area contributed by atoms with Crippen molar-refractivity contribution in [1.82, 2.24) is 0 Å². The lowest BCUT2D eigenvalue weighted by atomic mass is 10.0. The van der Waals surface area contributed by atoms with Crippen LogP contribution in [0.4, 0.5) is 0 Å². The average Bonchev–Trinajstić information content (AvgIpc) is 2.33. The molecule has 0 aliphatic rings. The van der Waals surface area contributed by atoms with Crippen LogP contribution in [0.15, 0.2) is 30.3 Å². The van der Waals surface area contributed by atoms with Gasteiger partial charge in [0, 0.05) is 6.04 Å². The van der Waals surface area contributed by atoms with E-state index in [1.54, 1.807) is 0 Å². The Labute approximate surface area is 99.0 Å². The van der Waals surface area contributed by atoms with E-state index in [4.69, 9.17) is 11.5 Å². The van der Waals surface area contributed by atoms with Crippen LogP contribution in [-0.4, -0.2) is 12.6 Å². The first kappa shape index (κ1) is 13.2. The quantitative estimate of drug-likeness (QED) is 0.661. The fraction of sp³-hybridized carbons (Fsp3) is 0.571. The zero-order valence-corrected chi connectivity index (χ0v) is 10.1. The summed E-state index contributed by atoms with van der Waals surface area (Å²) in [4.78, 5) is 0. The van der Waals surface area contributed by atoms with E-state index < -0.39 is 0 Å². The molecule has 1 aromatic rings. The molecule has 4 N–H and O–H groups in total. The van der Waals surface area contributed by atoms with Gasteiger partial charge in [-0.05, 0) is 37.8 Å². The minimum absolute atomic E-state index is 0.345. The van der Waals surface area contributed by atoms with Gasteiger partial charge in [-0.1, -0.05) is 43.2 Å². The first-order chi connectivity index (χ1) is 7.83. The van der Waals surface area contributed by atoms with Crippen LogP contribution in [-0.2, 0) is 6.42 Å². The highest BCUT2D eigenvalue weighted by atomic mass is 14.6. The lowest BCUT2D eigenvalue weighted by Crippen LogP contribution is -2.20. The summed E-state index contributed by atoms with van der Waals surface area (Å²) in [5.41, 5.74) is 12.9. The number of unbranched alkanes of at least 4 members (excludes halogenated alkanes) is 2. The number of rotatable bonds is 8. The maximum atomic E-state index is 6.07. The van der Waals surface area contributed by atoms with Gasteiger partial charge in [0.05, 0.1) is 0 Å². The lowest BCUT2D eigenvalue weighted by molar-refractivity contribution is 0.525. The normalized spacial score (nSPS) is 12.6. The van der Waals surface area contributed by atoms with Crippen molar-refractivity contribution in [3.63, 3.8) is 0 Å². The van der Waals surface area contributed by atoms with E-state index in [9.17, 15) is 0 Å². The molecular formula is C14H24N2. The van der Waals surface area contributed by atoms with Crippen molar-refractivity contribution in [2.45, 2.75) is 44.6 Å². The van der Waals surface area contributed by atoms with Crippen LogP contribution in [0.25, 0.3) is 0 Å². The zero-order chi connectivity index (χ0) is 11.6. The largest absolute Gasteiger partial charge is 0.330 e. The van der Waals surface area contributed by atoms with Crippen molar-refractivity contribution in [3.05, 3.63) is 35.9 Å². The molecule has 0 aliphatic carbocycles. The zero-order valence-electron chi connectivity index (χ0n) is 10.1. The predicted molar refractivity (Wildman–Crippen MR) is 70.3 cm³/mol. The summed E-state index contributed by atoms with van der Waals surface area (Å²) in [6, 6.07) is 10.9. The third-order valence-corrected chi connectivity index (χ3v) is 2.93. The van der Waals surface area contributed by atoms with Crippen LogP contribution in [0, 0.1) is 0 Å². The van der Waals surface area contributed by atoms with Gasteiger partial charge in [0.25, 0.3) is 0 Å². The highest BCUT2D eigenvalue weighted by Crippen LogP contribution is 2.08. The minimum atomic E-state index is 0.345. The van der Waals surface area contributed by atoms with Crippen LogP contribution >= 0.6 is 0 Å². The maximum Gasteiger partial charge on any atom is 0.00419 e. The van der Waals surface area contributed by atoms with Crippen LogP contribution < -0.4 is 11.5 Å². The molecule has 2 heteroatoms. The van der Waals surface area contributed by atoms with Gasteiger partial charge in [-0.3, -0.25) is 0 Å². The molecule has 0 amide bonds. The Bertz CT molecular complexity index is 259. The highest BCUT2D eigenvalue weighted by molar-refractivity contribution is 5.14. The Morgan fingerprint density at radius 1 is 0.938 bits per heavy atom. The summed E-state index contributed by atoms with van der Waals surface area (Å²) < 4.78 is 0. The Balaban J connectivity index is 2.08. The molecule has 1 rings (SSSR count). The third kappa shape index (κ3) is 5.89. The maximum absolute atomic E-state index is 6.07. The van der Waals surface area contributed by atoms with Crippen molar-refractivity contribution in [3.8, 4) is 0 Å². The molecule has 90 valence electrons. The van der Waals surface area contributed by atoms with Gasteiger partial charge < -0.3 is 11.5 Å². The van der Waals surface area contributed by atoms with Gasteiger partial charge in [0.1, 0.15) is 0 Å². The summed E-state index contributed by atoms with van der Waals surface area (Å²) >= 11 is 0. The SMILES string of the molecule is NCCCCCC(N)CCc1ccccc1. The van der Waals surface area contributed by atoms with E-state index in [2.05, 4.69) is 30.3 Å². The molecule has 0 aromatic heterocycles. The Hall–Kier alpha value is -0.860. The molecule has 0 aliphatic heterocycles. The molecular weight excluding hydrogens is 196 g/mol. The van der Waals surface area contributed by atoms with E-state index in [-0.39, 0.29) is 0 Å². The summed E-state index contributed by atoms with van der Waals surface area (Å²) in [5.74, 6) is 0. The molecule has 1 unspecified atom stereocenters. The summed E-state index contributed by atoms with van der Waals surface area (Å²) in [6.07, 6.45) is 6.88. The lowest BCUT2D eigenvalue weighted by Gasteiger charge is -2.11. The first-order valence-electron chi connectivity index (χ1n) is 6.32. The van der Waals surface area contributed by atoms with E-state index in [0.717, 1.165) is 32.2 Å². The van der Waals surface area contributed by atoms with Gasteiger partial charge in [-0.15, -0.1) is 0 Å². The summed E-state index contributed by atoms with van der Waals surface area (Å²) in [6.45, 7) is 0.805. The molecule has 0 radical (unpaired) electrons. The number of aryl methyl sites for hydroxylation is 1. The molecule has 0 heterocycles. The van der Waals surface area contributed by atoms with E-state index >= 15 is 0 Å². The molecule has 2 nitrogen and oxygen atoms in total. The fourth-order valence-electron chi connectivity index (χ4n) is 1.87. The number of hydrogen-bond acceptors (Lipinski definition) is 2. The summed E-state index contributed by atoms with van der Waals surface area (Å²) in [5, 5.41) is 0. The highest BCUT2D eigenvalue weighted by Gasteiger charge is 2.02. The Morgan fingerprint density at radius 3 is 2.38 bits per heavy atom. The van der Waals surface area contributed by atoms with Gasteiger partial charge in [-0.25, -0.2) is 0 Å². The molecule has 16 heavy (non-hydrogen) atoms. The van der Waals surface area contributed by atoms with Crippen molar-refractivity contribution < 1.29 is 0 Å². The van der Waals surface area contributed by atoms with E-state index in [1.807, 2.05) is 0 Å². The molecule has 0 saturated heterocycles. The van der Waals surface area contributed by atoms with Crippen molar-refractivity contribution in [2.24, 2.45) is 11.5 Å². The van der Waals surface area contributed by atoms with Gasteiger partial charge in [0.2, 0.25) is 0 Å². The number of benzene rings is 1. The third-order valence-electron chi connectivity index (χ3n) is 2.93. The Morgan fingerprint density at radius 2 is 1.69 bits per heavy atom. The Kier molecular flexibility index (Phi) is 6.86. The number of nitrogens with two attached hydrogens (primary N) is 2. The topological polar surface area (TPSA) is 52.0 Å².